The second-order valence-corrected chi connectivity index (χ2v) is 13.4. The van der Waals surface area contributed by atoms with Crippen LogP contribution in [0.2, 0.25) is 0 Å². The summed E-state index contributed by atoms with van der Waals surface area (Å²) in [7, 11) is 1.17. The van der Waals surface area contributed by atoms with Crippen LogP contribution in [-0.4, -0.2) is 50.4 Å². The third kappa shape index (κ3) is 4.56. The van der Waals surface area contributed by atoms with E-state index in [1.54, 1.807) is 12.1 Å². The highest BCUT2D eigenvalue weighted by atomic mass is 35.5. The van der Waals surface area contributed by atoms with Gasteiger partial charge in [0.25, 0.3) is 11.8 Å². The molecular weight excluding hydrogens is 677 g/mol. The van der Waals surface area contributed by atoms with Gasteiger partial charge in [-0.15, -0.1) is 29.8 Å². The molecule has 4 amide bonds. The average Bonchev–Trinajstić information content (AvgIpc) is 3.32. The Morgan fingerprint density at radius 2 is 1.57 bits per heavy atom. The lowest BCUT2D eigenvalue weighted by molar-refractivity contribution is -0.143. The fourth-order valence-corrected chi connectivity index (χ4v) is 8.59. The number of nitrogens with zero attached hydrogens (tertiary/aromatic N) is 2. The van der Waals surface area contributed by atoms with Gasteiger partial charge in [0, 0.05) is 18.5 Å². The molecule has 2 aromatic rings. The number of alkyl halides is 8. The molecule has 248 valence electrons. The van der Waals surface area contributed by atoms with Crippen LogP contribution in [0.15, 0.2) is 60.7 Å². The quantitative estimate of drug-likeness (QED) is 0.174. The van der Waals surface area contributed by atoms with Crippen molar-refractivity contribution in [2.24, 2.45) is 17.8 Å². The van der Waals surface area contributed by atoms with Crippen LogP contribution in [-0.2, 0) is 38.0 Å². The van der Waals surface area contributed by atoms with Crippen molar-refractivity contribution in [2.75, 3.05) is 11.9 Å². The number of aromatic hydroxyl groups is 1. The number of carbonyl (C=O) groups is 4. The van der Waals surface area contributed by atoms with Crippen molar-refractivity contribution in [3.05, 3.63) is 83.0 Å². The lowest BCUT2D eigenvalue weighted by Gasteiger charge is -2.50. The maximum absolute atomic E-state index is 14.1. The van der Waals surface area contributed by atoms with Crippen LogP contribution in [0.5, 0.6) is 5.75 Å². The first-order valence-corrected chi connectivity index (χ1v) is 15.0. The number of phenolic OH excluding ortho intramolecular Hbond substituents is 1. The molecule has 3 fully saturated rings. The Morgan fingerprint density at radius 1 is 0.957 bits per heavy atom. The minimum atomic E-state index is -5.24. The number of likely N-dealkylation sites (tertiary alicyclic amines) is 1. The number of anilines is 1. The number of benzene rings is 2. The molecule has 0 unspecified atom stereocenters. The largest absolute Gasteiger partial charge is 0.507 e. The molecule has 6 atom stereocenters. The first kappa shape index (κ1) is 33.1. The summed E-state index contributed by atoms with van der Waals surface area (Å²) in [5, 5.41) is 11.4. The monoisotopic (exact) mass is 700 g/mol. The predicted molar refractivity (Wildman–Crippen MR) is 156 cm³/mol. The molecule has 2 aliphatic heterocycles. The second kappa shape index (κ2) is 10.6. The van der Waals surface area contributed by atoms with Crippen molar-refractivity contribution in [1.29, 1.82) is 0 Å². The Labute approximate surface area is 273 Å². The molecule has 2 heterocycles. The zero-order chi connectivity index (χ0) is 34.6. The van der Waals surface area contributed by atoms with Crippen LogP contribution in [0.4, 0.5) is 32.0 Å². The molecular formula is C32H24Cl2F6N2O5. The molecule has 1 N–H and O–H groups in total. The number of para-hydroxylation sites is 1. The number of halogens is 8. The van der Waals surface area contributed by atoms with Crippen molar-refractivity contribution < 1.29 is 50.6 Å². The van der Waals surface area contributed by atoms with Crippen LogP contribution >= 0.6 is 23.2 Å². The molecule has 0 aromatic heterocycles. The van der Waals surface area contributed by atoms with E-state index in [0.717, 1.165) is 4.90 Å². The van der Waals surface area contributed by atoms with Crippen LogP contribution in [0.1, 0.15) is 41.0 Å². The van der Waals surface area contributed by atoms with Crippen LogP contribution < -0.4 is 4.90 Å². The van der Waals surface area contributed by atoms with Gasteiger partial charge in [0.05, 0.1) is 28.7 Å². The second-order valence-electron chi connectivity index (χ2n) is 12.1. The standard InChI is InChI=1S/C32H24Cl2F6N2O5/c1-3-5-14-6-4-7-20(24(14)43)23-18-8-9-19-22(21(18)13-29(33)27(46)41(2)28(47)30(23,29)34)26(45)42(25(19)44)17-11-15(31(35,36)37)10-16(12-17)32(38,39)40/h3-4,6-8,10-12,19,21-23,43H,1,5,9,13H2,2H3/t19-,21+,22-,23+,29+,30-/m0/s1. The predicted octanol–water partition coefficient (Wildman–Crippen LogP) is 6.35. The number of phenols is 1. The third-order valence-electron chi connectivity index (χ3n) is 9.67. The van der Waals surface area contributed by atoms with E-state index in [1.165, 1.54) is 25.3 Å². The van der Waals surface area contributed by atoms with Crippen molar-refractivity contribution in [3.8, 4) is 5.75 Å². The van der Waals surface area contributed by atoms with Crippen LogP contribution in [0.25, 0.3) is 0 Å². The van der Waals surface area contributed by atoms with Gasteiger partial charge in [-0.3, -0.25) is 24.1 Å². The molecule has 2 aromatic carbocycles. The SMILES string of the molecule is C=CCc1cccc([C@H]2C3=CC[C@@H]4C(=O)N(c5cc(C(F)(F)F)cc(C(F)(F)F)c5)C(=O)[C@@H]4[C@@H]3C[C@@]3(Cl)C(=O)N(C)C(=O)[C@@]23Cl)c1O. The minimum absolute atomic E-state index is 0.0940. The summed E-state index contributed by atoms with van der Waals surface area (Å²) in [4.78, 5) is 51.7. The Balaban J connectivity index is 1.52. The van der Waals surface area contributed by atoms with Crippen LogP contribution in [0.3, 0.4) is 0 Å². The molecule has 2 aliphatic carbocycles. The molecule has 0 spiro atoms. The molecule has 7 nitrogen and oxygen atoms in total. The van der Waals surface area contributed by atoms with E-state index < -0.39 is 92.6 Å². The summed E-state index contributed by atoms with van der Waals surface area (Å²) >= 11 is 14.1. The summed E-state index contributed by atoms with van der Waals surface area (Å²) in [6.45, 7) is 3.66. The normalized spacial score (nSPS) is 30.7. The number of hydrogen-bond donors (Lipinski definition) is 1. The highest BCUT2D eigenvalue weighted by Crippen LogP contribution is 2.66. The number of carbonyl (C=O) groups excluding carboxylic acids is 4. The molecule has 15 heteroatoms. The minimum Gasteiger partial charge on any atom is -0.507 e. The van der Waals surface area contributed by atoms with E-state index in [0.29, 0.717) is 22.6 Å². The lowest BCUT2D eigenvalue weighted by atomic mass is 9.56. The maximum Gasteiger partial charge on any atom is 0.416 e. The Kier molecular flexibility index (Phi) is 7.45. The van der Waals surface area contributed by atoms with Crippen molar-refractivity contribution in [1.82, 2.24) is 4.90 Å². The zero-order valence-corrected chi connectivity index (χ0v) is 25.8. The number of hydrogen-bond acceptors (Lipinski definition) is 5. The van der Waals surface area contributed by atoms with Gasteiger partial charge in [0.1, 0.15) is 5.75 Å². The molecule has 47 heavy (non-hydrogen) atoms. The van der Waals surface area contributed by atoms with E-state index in [2.05, 4.69) is 6.58 Å². The summed E-state index contributed by atoms with van der Waals surface area (Å²) in [6.07, 6.45) is -7.90. The zero-order valence-electron chi connectivity index (χ0n) is 24.3. The number of rotatable bonds is 4. The molecule has 2 saturated heterocycles. The first-order valence-electron chi connectivity index (χ1n) is 14.3. The number of amides is 4. The molecule has 0 radical (unpaired) electrons. The third-order valence-corrected chi connectivity index (χ3v) is 11.1. The van der Waals surface area contributed by atoms with Gasteiger partial charge < -0.3 is 5.11 Å². The topological polar surface area (TPSA) is 95.0 Å². The first-order chi connectivity index (χ1) is 21.8. The lowest BCUT2D eigenvalue weighted by Crippen LogP contribution is -2.60. The Morgan fingerprint density at radius 3 is 2.15 bits per heavy atom. The van der Waals surface area contributed by atoms with Gasteiger partial charge in [-0.1, -0.05) is 35.9 Å². The van der Waals surface area contributed by atoms with E-state index in [1.807, 2.05) is 0 Å². The fraction of sp³-hybridized carbons (Fsp3) is 0.375. The van der Waals surface area contributed by atoms with Gasteiger partial charge >= 0.3 is 12.4 Å². The summed E-state index contributed by atoms with van der Waals surface area (Å²) in [5.74, 6) is -9.28. The number of fused-ring (bicyclic) bond motifs is 4. The van der Waals surface area contributed by atoms with E-state index >= 15 is 0 Å². The number of allylic oxidation sites excluding steroid dienone is 3. The average molecular weight is 701 g/mol. The highest BCUT2D eigenvalue weighted by Gasteiger charge is 2.76. The molecule has 4 aliphatic rings. The van der Waals surface area contributed by atoms with Crippen molar-refractivity contribution in [2.45, 2.75) is 47.3 Å². The fourth-order valence-electron chi connectivity index (χ4n) is 7.58. The van der Waals surface area contributed by atoms with Gasteiger partial charge in [-0.2, -0.15) is 26.3 Å². The van der Waals surface area contributed by atoms with E-state index in [4.69, 9.17) is 23.2 Å². The van der Waals surface area contributed by atoms with Crippen molar-refractivity contribution in [3.63, 3.8) is 0 Å². The molecule has 6 rings (SSSR count). The smallest absolute Gasteiger partial charge is 0.416 e. The summed E-state index contributed by atoms with van der Waals surface area (Å²) < 4.78 is 82.0. The summed E-state index contributed by atoms with van der Waals surface area (Å²) in [5.41, 5.74) is -3.58. The molecule has 0 bridgehead atoms. The van der Waals surface area contributed by atoms with E-state index in [9.17, 15) is 50.6 Å². The van der Waals surface area contributed by atoms with Gasteiger partial charge in [0.2, 0.25) is 11.8 Å². The summed E-state index contributed by atoms with van der Waals surface area (Å²) in [6, 6.07) is 5.11. The van der Waals surface area contributed by atoms with Gasteiger partial charge in [-0.25, -0.2) is 4.90 Å². The van der Waals surface area contributed by atoms with Gasteiger partial charge in [-0.05, 0) is 48.9 Å². The van der Waals surface area contributed by atoms with Crippen LogP contribution in [0, 0.1) is 17.8 Å². The maximum atomic E-state index is 14.1. The van der Waals surface area contributed by atoms with Crippen molar-refractivity contribution >= 4 is 52.5 Å². The number of imide groups is 2. The Hall–Kier alpha value is -3.84. The van der Waals surface area contributed by atoms with E-state index in [-0.39, 0.29) is 35.8 Å². The Bertz CT molecular complexity index is 1780. The van der Waals surface area contributed by atoms with Gasteiger partial charge in [0.15, 0.2) is 9.75 Å². The highest BCUT2D eigenvalue weighted by molar-refractivity contribution is 6.53. The molecule has 1 saturated carbocycles.